The van der Waals surface area contributed by atoms with Crippen molar-refractivity contribution in [1.29, 1.82) is 0 Å². The highest BCUT2D eigenvalue weighted by atomic mass is 16.6. The lowest BCUT2D eigenvalue weighted by Crippen LogP contribution is -2.37. The van der Waals surface area contributed by atoms with Gasteiger partial charge in [-0.15, -0.1) is 0 Å². The van der Waals surface area contributed by atoms with Gasteiger partial charge >= 0.3 is 6.09 Å². The average Bonchev–Trinajstić information content (AvgIpc) is 2.84. The lowest BCUT2D eigenvalue weighted by atomic mass is 9.86. The number of carboxylic acid groups (broad SMARTS) is 1. The van der Waals surface area contributed by atoms with Crippen molar-refractivity contribution in [2.75, 3.05) is 72.7 Å². The molecule has 2 N–H and O–H groups in total. The zero-order valence-electron chi connectivity index (χ0n) is 20.2. The second-order valence-electron chi connectivity index (χ2n) is 8.23. The van der Waals surface area contributed by atoms with Crippen LogP contribution in [0.25, 0.3) is 0 Å². The van der Waals surface area contributed by atoms with Gasteiger partial charge in [-0.05, 0) is 37.2 Å². The van der Waals surface area contributed by atoms with Gasteiger partial charge in [-0.3, -0.25) is 0 Å². The van der Waals surface area contributed by atoms with Gasteiger partial charge in [0.15, 0.2) is 0 Å². The van der Waals surface area contributed by atoms with Crippen LogP contribution >= 0.6 is 0 Å². The molecular formula is C25H41NO8. The van der Waals surface area contributed by atoms with E-state index in [9.17, 15) is 4.79 Å². The molecule has 9 nitrogen and oxygen atoms in total. The highest BCUT2D eigenvalue weighted by molar-refractivity contribution is 5.64. The zero-order chi connectivity index (χ0) is 24.1. The van der Waals surface area contributed by atoms with Gasteiger partial charge in [0.05, 0.1) is 72.7 Å². The molecule has 1 aromatic carbocycles. The molecule has 0 bridgehead atoms. The molecule has 1 fully saturated rings. The largest absolute Gasteiger partial charge is 0.465 e. The summed E-state index contributed by atoms with van der Waals surface area (Å²) in [5.41, 5.74) is 1.16. The van der Waals surface area contributed by atoms with Gasteiger partial charge < -0.3 is 38.8 Å². The van der Waals surface area contributed by atoms with E-state index in [1.807, 2.05) is 30.3 Å². The van der Waals surface area contributed by atoms with Crippen molar-refractivity contribution in [2.24, 2.45) is 5.92 Å². The summed E-state index contributed by atoms with van der Waals surface area (Å²) in [5.74, 6) is 0.508. The van der Waals surface area contributed by atoms with E-state index in [1.165, 1.54) is 0 Å². The third kappa shape index (κ3) is 15.2. The minimum Gasteiger partial charge on any atom is -0.465 e. The van der Waals surface area contributed by atoms with Crippen molar-refractivity contribution in [3.63, 3.8) is 0 Å². The standard InChI is InChI=1S/C25H41NO8/c27-25(28)26-24-8-6-23(7-9-24)21-34-19-17-32-15-13-30-11-10-29-12-14-31-16-18-33-20-22-4-2-1-3-5-22/h1-5,23-24,26H,6-21H2,(H,27,28). The summed E-state index contributed by atoms with van der Waals surface area (Å²) in [6.07, 6.45) is 2.83. The van der Waals surface area contributed by atoms with Crippen molar-refractivity contribution in [1.82, 2.24) is 5.32 Å². The number of hydrogen-bond donors (Lipinski definition) is 2. The Hall–Kier alpha value is -1.75. The molecule has 1 aromatic rings. The molecular weight excluding hydrogens is 442 g/mol. The Labute approximate surface area is 203 Å². The number of benzene rings is 1. The van der Waals surface area contributed by atoms with Crippen LogP contribution < -0.4 is 5.32 Å². The van der Waals surface area contributed by atoms with Crippen molar-refractivity contribution >= 4 is 6.09 Å². The predicted molar refractivity (Wildman–Crippen MR) is 127 cm³/mol. The van der Waals surface area contributed by atoms with Crippen LogP contribution in [0.15, 0.2) is 30.3 Å². The summed E-state index contributed by atoms with van der Waals surface area (Å²) < 4.78 is 33.2. The molecule has 0 saturated heterocycles. The maximum absolute atomic E-state index is 10.7. The molecule has 0 spiro atoms. The van der Waals surface area contributed by atoms with Gasteiger partial charge in [0, 0.05) is 12.6 Å². The Morgan fingerprint density at radius 1 is 0.706 bits per heavy atom. The van der Waals surface area contributed by atoms with E-state index in [0.29, 0.717) is 85.2 Å². The molecule has 2 rings (SSSR count). The fraction of sp³-hybridized carbons (Fsp3) is 0.720. The Kier molecular flexibility index (Phi) is 16.4. The molecule has 0 radical (unpaired) electrons. The first-order chi connectivity index (χ1) is 16.7. The number of rotatable bonds is 20. The summed E-state index contributed by atoms with van der Waals surface area (Å²) >= 11 is 0. The third-order valence-electron chi connectivity index (χ3n) is 5.50. The predicted octanol–water partition coefficient (Wildman–Crippen LogP) is 3.11. The van der Waals surface area contributed by atoms with Crippen LogP contribution in [0.1, 0.15) is 31.2 Å². The van der Waals surface area contributed by atoms with Gasteiger partial charge in [0.2, 0.25) is 0 Å². The first-order valence-electron chi connectivity index (χ1n) is 12.2. The van der Waals surface area contributed by atoms with Gasteiger partial charge in [0.25, 0.3) is 0 Å². The third-order valence-corrected chi connectivity index (χ3v) is 5.50. The molecule has 0 unspecified atom stereocenters. The zero-order valence-corrected chi connectivity index (χ0v) is 20.2. The smallest absolute Gasteiger partial charge is 0.404 e. The Balaban J connectivity index is 1.23. The molecule has 1 aliphatic rings. The second kappa shape index (κ2) is 19.5. The monoisotopic (exact) mass is 483 g/mol. The van der Waals surface area contributed by atoms with Crippen LogP contribution in [0.4, 0.5) is 4.79 Å². The molecule has 9 heteroatoms. The van der Waals surface area contributed by atoms with Crippen molar-refractivity contribution in [3.05, 3.63) is 35.9 Å². The molecule has 194 valence electrons. The summed E-state index contributed by atoms with van der Waals surface area (Å²) in [6.45, 7) is 6.73. The topological polar surface area (TPSA) is 105 Å². The maximum atomic E-state index is 10.7. The van der Waals surface area contributed by atoms with Crippen LogP contribution in [-0.2, 0) is 35.0 Å². The molecule has 0 heterocycles. The van der Waals surface area contributed by atoms with Gasteiger partial charge in [0.1, 0.15) is 0 Å². The highest BCUT2D eigenvalue weighted by Gasteiger charge is 2.22. The number of carbonyl (C=O) groups is 1. The summed E-state index contributed by atoms with van der Waals surface area (Å²) in [6, 6.07) is 10.2. The lowest BCUT2D eigenvalue weighted by Gasteiger charge is -2.28. The van der Waals surface area contributed by atoms with E-state index >= 15 is 0 Å². The average molecular weight is 484 g/mol. The van der Waals surface area contributed by atoms with Crippen LogP contribution in [0, 0.1) is 5.92 Å². The molecule has 0 aromatic heterocycles. The number of hydrogen-bond acceptors (Lipinski definition) is 7. The Morgan fingerprint density at radius 2 is 1.18 bits per heavy atom. The van der Waals surface area contributed by atoms with E-state index in [1.54, 1.807) is 0 Å². The number of nitrogens with one attached hydrogen (secondary N) is 1. The highest BCUT2D eigenvalue weighted by Crippen LogP contribution is 2.24. The van der Waals surface area contributed by atoms with E-state index in [4.69, 9.17) is 33.5 Å². The fourth-order valence-corrected chi connectivity index (χ4v) is 3.66. The van der Waals surface area contributed by atoms with E-state index in [-0.39, 0.29) is 6.04 Å². The van der Waals surface area contributed by atoms with Crippen molar-refractivity contribution < 1.29 is 38.3 Å². The summed E-state index contributed by atoms with van der Waals surface area (Å²) in [5, 5.41) is 11.3. The SMILES string of the molecule is O=C(O)NC1CCC(COCCOCCOCCOCCOCCOCc2ccccc2)CC1. The minimum absolute atomic E-state index is 0.0891. The van der Waals surface area contributed by atoms with Crippen LogP contribution in [0.3, 0.4) is 0 Å². The molecule has 0 aliphatic heterocycles. The lowest BCUT2D eigenvalue weighted by molar-refractivity contribution is -0.0200. The van der Waals surface area contributed by atoms with Crippen LogP contribution in [0.5, 0.6) is 0 Å². The Morgan fingerprint density at radius 3 is 1.68 bits per heavy atom. The normalized spacial score (nSPS) is 18.1. The summed E-state index contributed by atoms with van der Waals surface area (Å²) in [7, 11) is 0. The molecule has 34 heavy (non-hydrogen) atoms. The molecule has 1 saturated carbocycles. The van der Waals surface area contributed by atoms with E-state index in [0.717, 1.165) is 31.2 Å². The summed E-state index contributed by atoms with van der Waals surface area (Å²) in [4.78, 5) is 10.7. The fourth-order valence-electron chi connectivity index (χ4n) is 3.66. The minimum atomic E-state index is -0.935. The van der Waals surface area contributed by atoms with Gasteiger partial charge in [-0.2, -0.15) is 0 Å². The van der Waals surface area contributed by atoms with Crippen molar-refractivity contribution in [2.45, 2.75) is 38.3 Å². The Bertz CT molecular complexity index is 610. The molecule has 0 atom stereocenters. The van der Waals surface area contributed by atoms with Gasteiger partial charge in [-0.1, -0.05) is 30.3 Å². The van der Waals surface area contributed by atoms with E-state index < -0.39 is 6.09 Å². The van der Waals surface area contributed by atoms with Gasteiger partial charge in [-0.25, -0.2) is 4.79 Å². The molecule has 1 aliphatic carbocycles. The maximum Gasteiger partial charge on any atom is 0.404 e. The van der Waals surface area contributed by atoms with Crippen molar-refractivity contribution in [3.8, 4) is 0 Å². The number of ether oxygens (including phenoxy) is 6. The quantitative estimate of drug-likeness (QED) is 0.273. The van der Waals surface area contributed by atoms with E-state index in [2.05, 4.69) is 5.32 Å². The molecule has 1 amide bonds. The first kappa shape index (κ1) is 28.5. The second-order valence-corrected chi connectivity index (χ2v) is 8.23. The van der Waals surface area contributed by atoms with Crippen LogP contribution in [0.2, 0.25) is 0 Å². The number of amides is 1. The first-order valence-corrected chi connectivity index (χ1v) is 12.2. The van der Waals surface area contributed by atoms with Crippen LogP contribution in [-0.4, -0.2) is 89.9 Å².